The number of ketones is 1. The first-order chi connectivity index (χ1) is 7.33. The Balaban J connectivity index is 2.99. The minimum absolute atomic E-state index is 0.224. The predicted octanol–water partition coefficient (Wildman–Crippen LogP) is 1.99. The zero-order valence-electron chi connectivity index (χ0n) is 9.73. The largest absolute Gasteiger partial charge is 0.298 e. The van der Waals surface area contributed by atoms with Gasteiger partial charge in [0.2, 0.25) is 0 Å². The van der Waals surface area contributed by atoms with Crippen molar-refractivity contribution in [3.8, 4) is 0 Å². The van der Waals surface area contributed by atoms with E-state index in [1.807, 2.05) is 13.0 Å². The van der Waals surface area contributed by atoms with E-state index in [-0.39, 0.29) is 16.6 Å². The summed E-state index contributed by atoms with van der Waals surface area (Å²) in [4.78, 5) is 11.7. The third-order valence-corrected chi connectivity index (χ3v) is 3.96. The molecule has 4 heteroatoms. The lowest BCUT2D eigenvalue weighted by atomic mass is 10.1. The van der Waals surface area contributed by atoms with E-state index >= 15 is 0 Å². The van der Waals surface area contributed by atoms with Gasteiger partial charge in [0.15, 0.2) is 15.6 Å². The molecule has 0 aliphatic rings. The van der Waals surface area contributed by atoms with E-state index in [1.165, 1.54) is 6.07 Å². The lowest BCUT2D eigenvalue weighted by Crippen LogP contribution is -2.20. The van der Waals surface area contributed by atoms with Gasteiger partial charge in [0.05, 0.1) is 4.90 Å². The van der Waals surface area contributed by atoms with Crippen LogP contribution >= 0.6 is 0 Å². The second-order valence-corrected chi connectivity index (χ2v) is 6.19. The molecule has 3 nitrogen and oxygen atoms in total. The number of carbonyl (C=O) groups excluding carboxylic acids is 1. The quantitative estimate of drug-likeness (QED) is 0.808. The van der Waals surface area contributed by atoms with Crippen LogP contribution in [0.2, 0.25) is 0 Å². The molecule has 1 rings (SSSR count). The van der Waals surface area contributed by atoms with Gasteiger partial charge in [-0.15, -0.1) is 0 Å². The van der Waals surface area contributed by atoms with Crippen molar-refractivity contribution in [3.63, 3.8) is 0 Å². The maximum atomic E-state index is 11.9. The van der Waals surface area contributed by atoms with E-state index in [1.54, 1.807) is 26.0 Å². The molecule has 0 unspecified atom stereocenters. The molecule has 0 fully saturated rings. The smallest absolute Gasteiger partial charge is 0.185 e. The van der Waals surface area contributed by atoms with E-state index in [4.69, 9.17) is 0 Å². The molecule has 0 aliphatic heterocycles. The molecule has 0 aliphatic carbocycles. The minimum atomic E-state index is -3.48. The number of hydrogen-bond acceptors (Lipinski definition) is 3. The summed E-state index contributed by atoms with van der Waals surface area (Å²) in [6.45, 7) is 5.23. The highest BCUT2D eigenvalue weighted by Gasteiger charge is 2.20. The van der Waals surface area contributed by atoms with Crippen molar-refractivity contribution in [1.29, 1.82) is 0 Å². The van der Waals surface area contributed by atoms with Gasteiger partial charge < -0.3 is 0 Å². The summed E-state index contributed by atoms with van der Waals surface area (Å²) in [5.74, 6) is -0.908. The van der Waals surface area contributed by atoms with Crippen LogP contribution < -0.4 is 0 Å². The highest BCUT2D eigenvalue weighted by molar-refractivity contribution is 7.92. The second kappa shape index (κ2) is 4.78. The average molecular weight is 240 g/mol. The number of rotatable bonds is 4. The number of sulfone groups is 1. The fourth-order valence-electron chi connectivity index (χ4n) is 1.25. The zero-order chi connectivity index (χ0) is 12.3. The number of carbonyl (C=O) groups is 1. The van der Waals surface area contributed by atoms with Gasteiger partial charge in [-0.3, -0.25) is 4.79 Å². The lowest BCUT2D eigenvalue weighted by molar-refractivity contribution is -0.119. The van der Waals surface area contributed by atoms with Crippen molar-refractivity contribution < 1.29 is 13.2 Å². The number of hydrogen-bond donors (Lipinski definition) is 0. The van der Waals surface area contributed by atoms with Crippen LogP contribution in [0.5, 0.6) is 0 Å². The Hall–Kier alpha value is -1.16. The third kappa shape index (κ3) is 3.17. The minimum Gasteiger partial charge on any atom is -0.298 e. The second-order valence-electron chi connectivity index (χ2n) is 4.20. The zero-order valence-corrected chi connectivity index (χ0v) is 10.5. The Morgan fingerprint density at radius 3 is 2.44 bits per heavy atom. The van der Waals surface area contributed by atoms with E-state index in [2.05, 4.69) is 0 Å². The predicted molar refractivity (Wildman–Crippen MR) is 63.1 cm³/mol. The van der Waals surface area contributed by atoms with Gasteiger partial charge in [0.25, 0.3) is 0 Å². The van der Waals surface area contributed by atoms with Gasteiger partial charge in [-0.25, -0.2) is 8.42 Å². The van der Waals surface area contributed by atoms with Gasteiger partial charge in [-0.1, -0.05) is 26.0 Å². The van der Waals surface area contributed by atoms with E-state index in [0.717, 1.165) is 5.56 Å². The van der Waals surface area contributed by atoms with Crippen LogP contribution in [0.1, 0.15) is 19.4 Å². The van der Waals surface area contributed by atoms with Crippen LogP contribution in [0, 0.1) is 12.8 Å². The van der Waals surface area contributed by atoms with E-state index in [0.29, 0.717) is 0 Å². The molecule has 0 spiro atoms. The molecule has 0 saturated heterocycles. The van der Waals surface area contributed by atoms with Crippen molar-refractivity contribution in [1.82, 2.24) is 0 Å². The first kappa shape index (κ1) is 12.9. The van der Waals surface area contributed by atoms with Gasteiger partial charge in [0.1, 0.15) is 5.75 Å². The standard InChI is InChI=1S/C12H16O3S/c1-9(2)12(13)8-16(14,15)11-6-4-5-10(3)7-11/h4-7,9H,8H2,1-3H3. The Labute approximate surface area is 96.4 Å². The van der Waals surface area contributed by atoms with Crippen LogP contribution in [-0.4, -0.2) is 20.0 Å². The molecular formula is C12H16O3S. The van der Waals surface area contributed by atoms with Crippen LogP contribution in [0.3, 0.4) is 0 Å². The van der Waals surface area contributed by atoms with Gasteiger partial charge in [0, 0.05) is 5.92 Å². The summed E-state index contributed by atoms with van der Waals surface area (Å²) in [5, 5.41) is 0. The molecule has 1 aromatic rings. The number of benzene rings is 1. The highest BCUT2D eigenvalue weighted by Crippen LogP contribution is 2.14. The Bertz CT molecular complexity index is 487. The van der Waals surface area contributed by atoms with Crippen molar-refractivity contribution in [3.05, 3.63) is 29.8 Å². The topological polar surface area (TPSA) is 51.2 Å². The molecule has 0 heterocycles. The summed E-state index contributed by atoms with van der Waals surface area (Å²) in [5.41, 5.74) is 0.873. The van der Waals surface area contributed by atoms with Crippen LogP contribution in [0.15, 0.2) is 29.2 Å². The lowest BCUT2D eigenvalue weighted by Gasteiger charge is -2.06. The van der Waals surface area contributed by atoms with Crippen molar-refractivity contribution in [2.45, 2.75) is 25.7 Å². The third-order valence-electron chi connectivity index (χ3n) is 2.32. The molecular weight excluding hydrogens is 224 g/mol. The highest BCUT2D eigenvalue weighted by atomic mass is 32.2. The van der Waals surface area contributed by atoms with E-state index < -0.39 is 15.6 Å². The Morgan fingerprint density at radius 1 is 1.31 bits per heavy atom. The van der Waals surface area contributed by atoms with E-state index in [9.17, 15) is 13.2 Å². The summed E-state index contributed by atoms with van der Waals surface area (Å²) < 4.78 is 23.8. The average Bonchev–Trinajstić information content (AvgIpc) is 2.17. The normalized spacial score (nSPS) is 11.8. The molecule has 0 amide bonds. The van der Waals surface area contributed by atoms with Crippen molar-refractivity contribution in [2.75, 3.05) is 5.75 Å². The molecule has 0 bridgehead atoms. The van der Waals surface area contributed by atoms with Gasteiger partial charge in [-0.05, 0) is 24.6 Å². The molecule has 0 N–H and O–H groups in total. The maximum absolute atomic E-state index is 11.9. The molecule has 1 aromatic carbocycles. The summed E-state index contributed by atoms with van der Waals surface area (Å²) in [6.07, 6.45) is 0. The molecule has 88 valence electrons. The SMILES string of the molecule is Cc1cccc(S(=O)(=O)CC(=O)C(C)C)c1. The fraction of sp³-hybridized carbons (Fsp3) is 0.417. The van der Waals surface area contributed by atoms with Crippen molar-refractivity contribution in [2.24, 2.45) is 5.92 Å². The molecule has 0 saturated carbocycles. The molecule has 0 radical (unpaired) electrons. The Kier molecular flexibility index (Phi) is 3.86. The van der Waals surface area contributed by atoms with Crippen LogP contribution in [0.4, 0.5) is 0 Å². The molecule has 16 heavy (non-hydrogen) atoms. The van der Waals surface area contributed by atoms with Crippen LogP contribution in [-0.2, 0) is 14.6 Å². The summed E-state index contributed by atoms with van der Waals surface area (Å²) in [7, 11) is -3.48. The summed E-state index contributed by atoms with van der Waals surface area (Å²) >= 11 is 0. The van der Waals surface area contributed by atoms with Crippen LogP contribution in [0.25, 0.3) is 0 Å². The number of Topliss-reactive ketones (excluding diaryl/α,β-unsaturated/α-hetero) is 1. The first-order valence-corrected chi connectivity index (χ1v) is 6.80. The first-order valence-electron chi connectivity index (χ1n) is 5.15. The van der Waals surface area contributed by atoms with Gasteiger partial charge in [-0.2, -0.15) is 0 Å². The fourth-order valence-corrected chi connectivity index (χ4v) is 2.77. The molecule has 0 atom stereocenters. The van der Waals surface area contributed by atoms with Crippen molar-refractivity contribution >= 4 is 15.6 Å². The Morgan fingerprint density at radius 2 is 1.94 bits per heavy atom. The van der Waals surface area contributed by atoms with Gasteiger partial charge >= 0.3 is 0 Å². The summed E-state index contributed by atoms with van der Waals surface area (Å²) in [6, 6.07) is 6.62. The number of aryl methyl sites for hydroxylation is 1. The maximum Gasteiger partial charge on any atom is 0.185 e. The monoisotopic (exact) mass is 240 g/mol. The molecule has 0 aromatic heterocycles.